The van der Waals surface area contributed by atoms with Crippen LogP contribution in [0.1, 0.15) is 33.4 Å². The van der Waals surface area contributed by atoms with E-state index >= 15 is 0 Å². The Morgan fingerprint density at radius 1 is 0.568 bits per heavy atom. The van der Waals surface area contributed by atoms with Gasteiger partial charge in [-0.3, -0.25) is 0 Å². The van der Waals surface area contributed by atoms with Crippen LogP contribution >= 0.6 is 0 Å². The zero-order valence-corrected chi connectivity index (χ0v) is 49.9. The highest BCUT2D eigenvalue weighted by Gasteiger charge is 2.25. The van der Waals surface area contributed by atoms with E-state index in [0.29, 0.717) is 85.5 Å². The Bertz CT molecular complexity index is 4080. The minimum atomic E-state index is -3.73. The van der Waals surface area contributed by atoms with Gasteiger partial charge < -0.3 is 33.1 Å². The standard InChI is InChI=1S/C21H25FN4O3SSi.C21H25FN4O2Si.C15H11FN4O/c1-14-10-16(22)6-7-17(14)19-18-15(11-23)12-26(13-29-8-9-31(3,4)5)20(18)25-21(24-19)30(2,27)28;1-14-10-16(22)6-7-17(14)19-18-15(11-23)12-26(13-28-8-9-29(3,4)5)20(18)25-21(24-19)27-2;1-8-5-10(16)3-4-11(8)13-12-9(6-17)7-18-14(12)20-15(19-13)21-2/h6-7,10,12H,8-9,13H2,1-5H3;6-7,10,12H,8-9,13H2,1-5H3;3-5,7H,1-2H3,(H,18,19,20). The molecular weight excluding hydrogens is 1090 g/mol. The number of sulfone groups is 1. The average molecular weight is 1160 g/mol. The van der Waals surface area contributed by atoms with Gasteiger partial charge in [0.15, 0.2) is 5.65 Å². The van der Waals surface area contributed by atoms with Crippen LogP contribution in [0.2, 0.25) is 51.4 Å². The normalized spacial score (nSPS) is 11.6. The number of nitrogens with one attached hydrogen (secondary N) is 1. The zero-order chi connectivity index (χ0) is 59.1. The molecule has 9 rings (SSSR count). The van der Waals surface area contributed by atoms with Crippen LogP contribution in [0.4, 0.5) is 13.2 Å². The molecule has 0 fully saturated rings. The highest BCUT2D eigenvalue weighted by Crippen LogP contribution is 2.36. The number of benzene rings is 3. The number of hydrogen-bond acceptors (Lipinski definition) is 15. The Labute approximate surface area is 469 Å². The molecule has 0 amide bonds. The highest BCUT2D eigenvalue weighted by molar-refractivity contribution is 7.90. The molecule has 0 saturated heterocycles. The smallest absolute Gasteiger partial charge is 0.318 e. The van der Waals surface area contributed by atoms with Gasteiger partial charge in [-0.15, -0.1) is 0 Å². The van der Waals surface area contributed by atoms with E-state index in [1.807, 2.05) is 0 Å². The third-order valence-electron chi connectivity index (χ3n) is 12.7. The Kier molecular flexibility index (Phi) is 18.6. The van der Waals surface area contributed by atoms with E-state index in [1.54, 1.807) is 60.6 Å². The van der Waals surface area contributed by atoms with Crippen molar-refractivity contribution in [3.63, 3.8) is 0 Å². The number of nitrogens with zero attached hydrogens (tertiary/aromatic N) is 11. The van der Waals surface area contributed by atoms with Crippen molar-refractivity contribution in [2.75, 3.05) is 33.7 Å². The molecule has 0 aliphatic carbocycles. The number of aromatic amines is 1. The predicted molar refractivity (Wildman–Crippen MR) is 308 cm³/mol. The highest BCUT2D eigenvalue weighted by atomic mass is 32.2. The topological polar surface area (TPSA) is 245 Å². The van der Waals surface area contributed by atoms with Gasteiger partial charge in [-0.25, -0.2) is 26.6 Å². The summed E-state index contributed by atoms with van der Waals surface area (Å²) in [4.78, 5) is 28.9. The number of methoxy groups -OCH3 is 2. The number of H-pyrrole nitrogens is 1. The number of fused-ring (bicyclic) bond motifs is 3. The molecule has 0 spiro atoms. The molecule has 1 N–H and O–H groups in total. The van der Waals surface area contributed by atoms with Crippen molar-refractivity contribution in [3.8, 4) is 64.0 Å². The third-order valence-corrected chi connectivity index (χ3v) is 17.0. The van der Waals surface area contributed by atoms with Gasteiger partial charge in [0.25, 0.3) is 0 Å². The molecule has 0 saturated carbocycles. The molecule has 420 valence electrons. The first-order chi connectivity index (χ1) is 38.3. The van der Waals surface area contributed by atoms with E-state index in [-0.39, 0.29) is 48.0 Å². The molecule has 3 aromatic carbocycles. The second-order valence-corrected chi connectivity index (χ2v) is 34.7. The van der Waals surface area contributed by atoms with Gasteiger partial charge >= 0.3 is 12.0 Å². The minimum Gasteiger partial charge on any atom is -0.467 e. The first-order valence-electron chi connectivity index (χ1n) is 25.4. The first kappa shape index (κ1) is 60.3. The van der Waals surface area contributed by atoms with Crippen molar-refractivity contribution in [3.05, 3.63) is 124 Å². The molecular formula is C57H61F3N12O6SSi2. The van der Waals surface area contributed by atoms with Crippen LogP contribution in [0.25, 0.3) is 66.9 Å². The number of halogens is 3. The molecule has 81 heavy (non-hydrogen) atoms. The quantitative estimate of drug-likeness (QED) is 0.0537. The molecule has 0 bridgehead atoms. The van der Waals surface area contributed by atoms with E-state index in [2.05, 4.69) is 92.4 Å². The summed E-state index contributed by atoms with van der Waals surface area (Å²) in [6, 6.07) is 21.9. The van der Waals surface area contributed by atoms with Crippen molar-refractivity contribution in [1.82, 2.24) is 44.0 Å². The van der Waals surface area contributed by atoms with Gasteiger partial charge in [-0.1, -0.05) is 39.3 Å². The third kappa shape index (κ3) is 14.4. The summed E-state index contributed by atoms with van der Waals surface area (Å²) in [7, 11) is -3.24. The SMILES string of the molecule is COc1nc(-c2ccc(F)cc2C)c2c(C#N)c[nH]c2n1.COc1nc(-c2ccc(F)cc2C)c2c(C#N)cn(COCC[Si](C)(C)C)c2n1.Cc1cc(F)ccc1-c1nc(S(C)(=O)=O)nc2c1c(C#N)cn2COCC[Si](C)(C)C. The summed E-state index contributed by atoms with van der Waals surface area (Å²) in [5.41, 5.74) is 7.91. The molecule has 9 aromatic rings. The maximum Gasteiger partial charge on any atom is 0.318 e. The first-order valence-corrected chi connectivity index (χ1v) is 34.7. The van der Waals surface area contributed by atoms with E-state index in [4.69, 9.17) is 18.9 Å². The van der Waals surface area contributed by atoms with Crippen molar-refractivity contribution >= 4 is 59.1 Å². The number of aryl methyl sites for hydroxylation is 3. The minimum absolute atomic E-state index is 0.130. The predicted octanol–water partition coefficient (Wildman–Crippen LogP) is 11.8. The molecule has 0 aliphatic rings. The molecule has 0 atom stereocenters. The molecule has 18 nitrogen and oxygen atoms in total. The lowest BCUT2D eigenvalue weighted by Gasteiger charge is -2.15. The van der Waals surface area contributed by atoms with Crippen LogP contribution in [-0.2, 0) is 32.8 Å². The Balaban J connectivity index is 0.000000178. The number of rotatable bonds is 16. The van der Waals surface area contributed by atoms with Gasteiger partial charge in [0, 0.05) is 70.9 Å². The van der Waals surface area contributed by atoms with Gasteiger partial charge in [0.2, 0.25) is 15.0 Å². The fourth-order valence-electron chi connectivity index (χ4n) is 8.49. The number of hydrogen-bond donors (Lipinski definition) is 1. The van der Waals surface area contributed by atoms with Gasteiger partial charge in [0.1, 0.15) is 60.4 Å². The summed E-state index contributed by atoms with van der Waals surface area (Å²) in [5, 5.41) is 29.9. The van der Waals surface area contributed by atoms with E-state index in [1.165, 1.54) is 56.7 Å². The monoisotopic (exact) mass is 1150 g/mol. The van der Waals surface area contributed by atoms with Crippen LogP contribution in [0.15, 0.2) is 78.3 Å². The van der Waals surface area contributed by atoms with Gasteiger partial charge in [0.05, 0.1) is 64.2 Å². The van der Waals surface area contributed by atoms with Crippen molar-refractivity contribution in [1.29, 1.82) is 15.8 Å². The second-order valence-electron chi connectivity index (χ2n) is 21.5. The largest absolute Gasteiger partial charge is 0.467 e. The maximum absolute atomic E-state index is 13.7. The van der Waals surface area contributed by atoms with E-state index in [9.17, 15) is 37.4 Å². The fraction of sp³-hybridized carbons (Fsp3) is 0.316. The van der Waals surface area contributed by atoms with Crippen LogP contribution in [0.3, 0.4) is 0 Å². The Morgan fingerprint density at radius 3 is 1.35 bits per heavy atom. The summed E-state index contributed by atoms with van der Waals surface area (Å²) in [5.74, 6) is -1.05. The summed E-state index contributed by atoms with van der Waals surface area (Å²) in [6.45, 7) is 20.6. The number of ether oxygens (including phenoxy) is 4. The van der Waals surface area contributed by atoms with Crippen molar-refractivity contribution in [2.24, 2.45) is 0 Å². The summed E-state index contributed by atoms with van der Waals surface area (Å²) >= 11 is 0. The lowest BCUT2D eigenvalue weighted by atomic mass is 10.0. The molecule has 6 aromatic heterocycles. The zero-order valence-electron chi connectivity index (χ0n) is 47.1. The number of nitriles is 3. The summed E-state index contributed by atoms with van der Waals surface area (Å²) < 4.78 is 90.5. The van der Waals surface area contributed by atoms with Crippen LogP contribution < -0.4 is 9.47 Å². The molecule has 24 heteroatoms. The molecule has 0 unspecified atom stereocenters. The summed E-state index contributed by atoms with van der Waals surface area (Å²) in [6.07, 6.45) is 5.90. The van der Waals surface area contributed by atoms with Crippen molar-refractivity contribution < 1.29 is 40.5 Å². The van der Waals surface area contributed by atoms with Crippen LogP contribution in [-0.4, -0.2) is 102 Å². The second kappa shape index (κ2) is 25.0. The van der Waals surface area contributed by atoms with Gasteiger partial charge in [-0.2, -0.15) is 40.7 Å². The average Bonchev–Trinajstić information content (AvgIpc) is 4.27. The van der Waals surface area contributed by atoms with Crippen LogP contribution in [0, 0.1) is 72.2 Å². The molecule has 6 heterocycles. The van der Waals surface area contributed by atoms with E-state index < -0.39 is 31.8 Å². The Hall–Kier alpha value is -8.32. The lowest BCUT2D eigenvalue weighted by Crippen LogP contribution is -2.22. The molecule has 0 radical (unpaired) electrons. The number of aromatic nitrogens is 9. The van der Waals surface area contributed by atoms with Gasteiger partial charge in [-0.05, 0) is 104 Å². The Morgan fingerprint density at radius 2 is 0.963 bits per heavy atom. The van der Waals surface area contributed by atoms with E-state index in [0.717, 1.165) is 40.6 Å². The van der Waals surface area contributed by atoms with Crippen LogP contribution in [0.5, 0.6) is 12.0 Å². The lowest BCUT2D eigenvalue weighted by molar-refractivity contribution is 0.0897. The maximum atomic E-state index is 13.7. The molecule has 0 aliphatic heterocycles. The fourth-order valence-corrected chi connectivity index (χ4v) is 10.5. The van der Waals surface area contributed by atoms with Crippen molar-refractivity contribution in [2.45, 2.75) is 90.8 Å².